The van der Waals surface area contributed by atoms with Gasteiger partial charge in [0.05, 0.1) is 23.0 Å². The average molecular weight is 373 g/mol. The summed E-state index contributed by atoms with van der Waals surface area (Å²) in [6, 6.07) is 0. The fourth-order valence-corrected chi connectivity index (χ4v) is 3.53. The molecular weight excluding hydrogens is 356 g/mol. The fourth-order valence-electron chi connectivity index (χ4n) is 2.51. The predicted molar refractivity (Wildman–Crippen MR) is 84.3 cm³/mol. The second kappa shape index (κ2) is 5.88. The molecular formula is C12H17BrN6OS. The second-order valence-electron chi connectivity index (χ2n) is 5.01. The maximum Gasteiger partial charge on any atom is 0.234 e. The first-order chi connectivity index (χ1) is 10.1. The number of halogens is 1. The van der Waals surface area contributed by atoms with Crippen LogP contribution in [0.5, 0.6) is 0 Å². The number of aromatic nitrogens is 5. The predicted octanol–water partition coefficient (Wildman–Crippen LogP) is 2.19. The van der Waals surface area contributed by atoms with Gasteiger partial charge in [0.15, 0.2) is 10.6 Å². The van der Waals surface area contributed by atoms with Crippen molar-refractivity contribution in [2.45, 2.75) is 37.9 Å². The molecule has 7 nitrogen and oxygen atoms in total. The number of anilines is 2. The number of aromatic amines is 1. The number of nitrogens with zero attached hydrogens (tertiary/aromatic N) is 5. The number of fused-ring (bicyclic) bond motifs is 2. The van der Waals surface area contributed by atoms with E-state index in [1.165, 1.54) is 0 Å². The minimum atomic E-state index is -1.16. The summed E-state index contributed by atoms with van der Waals surface area (Å²) >= 11 is 3.38. The molecule has 21 heavy (non-hydrogen) atoms. The lowest BCUT2D eigenvalue weighted by Crippen LogP contribution is -2.28. The van der Waals surface area contributed by atoms with Crippen LogP contribution < -0.4 is 4.90 Å². The van der Waals surface area contributed by atoms with E-state index in [1.807, 2.05) is 4.57 Å². The van der Waals surface area contributed by atoms with Gasteiger partial charge in [-0.3, -0.25) is 13.7 Å². The first kappa shape index (κ1) is 14.7. The molecule has 0 spiro atoms. The highest BCUT2D eigenvalue weighted by Gasteiger charge is 2.30. The van der Waals surface area contributed by atoms with Gasteiger partial charge in [-0.25, -0.2) is 4.98 Å². The molecule has 2 aromatic heterocycles. The molecule has 3 heterocycles. The Morgan fingerprint density at radius 2 is 2.19 bits per heavy atom. The van der Waals surface area contributed by atoms with Gasteiger partial charge < -0.3 is 4.98 Å². The smallest absolute Gasteiger partial charge is 0.234 e. The molecule has 9 heteroatoms. The number of rotatable bonds is 5. The van der Waals surface area contributed by atoms with Crippen LogP contribution in [0.15, 0.2) is 9.89 Å². The van der Waals surface area contributed by atoms with Crippen LogP contribution in [-0.2, 0) is 17.3 Å². The maximum atomic E-state index is 11.8. The topological polar surface area (TPSA) is 79.7 Å². The summed E-state index contributed by atoms with van der Waals surface area (Å²) in [5.41, 5.74) is 0.984. The zero-order valence-electron chi connectivity index (χ0n) is 12.0. The molecule has 1 N–H and O–H groups in total. The van der Waals surface area contributed by atoms with Gasteiger partial charge in [0.1, 0.15) is 0 Å². The lowest BCUT2D eigenvalue weighted by molar-refractivity contribution is 0.625. The van der Waals surface area contributed by atoms with Crippen LogP contribution in [0.3, 0.4) is 0 Å². The molecule has 2 aromatic rings. The van der Waals surface area contributed by atoms with E-state index in [0.29, 0.717) is 16.4 Å². The normalized spacial score (nSPS) is 14.9. The molecule has 1 unspecified atom stereocenters. The van der Waals surface area contributed by atoms with Crippen LogP contribution in [0.1, 0.15) is 31.9 Å². The van der Waals surface area contributed by atoms with Crippen LogP contribution in [0, 0.1) is 0 Å². The zero-order valence-corrected chi connectivity index (χ0v) is 14.4. The standard InChI is InChI=1S/C12H17BrN6OS/c1-3-4-5-6-18-9-8(14-10(13)15-9)7-19-11(18)16-17-12(19)21(2)20/h3-7H2,1-2H3,(H,14,15). The molecule has 0 fully saturated rings. The summed E-state index contributed by atoms with van der Waals surface area (Å²) in [6.07, 6.45) is 4.98. The van der Waals surface area contributed by atoms with E-state index in [9.17, 15) is 4.21 Å². The lowest BCUT2D eigenvalue weighted by atomic mass is 10.2. The van der Waals surface area contributed by atoms with Crippen LogP contribution in [0.4, 0.5) is 11.8 Å². The first-order valence-electron chi connectivity index (χ1n) is 6.90. The molecule has 0 amide bonds. The largest absolute Gasteiger partial charge is 0.333 e. The van der Waals surface area contributed by atoms with Crippen molar-refractivity contribution in [3.63, 3.8) is 0 Å². The van der Waals surface area contributed by atoms with Gasteiger partial charge in [-0.2, -0.15) is 0 Å². The Bertz CT molecular complexity index is 681. The minimum Gasteiger partial charge on any atom is -0.333 e. The highest BCUT2D eigenvalue weighted by Crippen LogP contribution is 2.34. The molecule has 1 atom stereocenters. The van der Waals surface area contributed by atoms with Gasteiger partial charge in [0.25, 0.3) is 0 Å². The number of hydrogen-bond donors (Lipinski definition) is 1. The summed E-state index contributed by atoms with van der Waals surface area (Å²) < 4.78 is 14.4. The number of imidazole rings is 1. The van der Waals surface area contributed by atoms with Crippen molar-refractivity contribution in [3.8, 4) is 0 Å². The van der Waals surface area contributed by atoms with Gasteiger partial charge in [-0.15, -0.1) is 10.2 Å². The van der Waals surface area contributed by atoms with E-state index >= 15 is 0 Å². The number of hydrogen-bond acceptors (Lipinski definition) is 5. The van der Waals surface area contributed by atoms with E-state index in [4.69, 9.17) is 0 Å². The Kier molecular flexibility index (Phi) is 4.12. The Labute approximate surface area is 133 Å². The van der Waals surface area contributed by atoms with Crippen molar-refractivity contribution in [2.24, 2.45) is 0 Å². The van der Waals surface area contributed by atoms with Crippen molar-refractivity contribution in [3.05, 3.63) is 10.4 Å². The molecule has 0 radical (unpaired) electrons. The Hall–Kier alpha value is -1.22. The van der Waals surface area contributed by atoms with Crippen LogP contribution in [0.2, 0.25) is 0 Å². The SMILES string of the molecule is CCCCCN1c2nc(Br)[nH]c2Cn2c1nnc2S(C)=O. The highest BCUT2D eigenvalue weighted by atomic mass is 79.9. The number of unbranched alkanes of at least 4 members (excludes halogenated alkanes) is 2. The Balaban J connectivity index is 2.00. The number of H-pyrrole nitrogens is 1. The highest BCUT2D eigenvalue weighted by molar-refractivity contribution is 9.10. The van der Waals surface area contributed by atoms with E-state index in [0.717, 1.165) is 43.3 Å². The molecule has 0 saturated carbocycles. The third-order valence-electron chi connectivity index (χ3n) is 3.48. The summed E-state index contributed by atoms with van der Waals surface area (Å²) in [5, 5.41) is 8.80. The van der Waals surface area contributed by atoms with E-state index in [-0.39, 0.29) is 0 Å². The molecule has 1 aliphatic rings. The summed E-state index contributed by atoms with van der Waals surface area (Å²) in [4.78, 5) is 9.75. The quantitative estimate of drug-likeness (QED) is 0.813. The monoisotopic (exact) mass is 372 g/mol. The lowest BCUT2D eigenvalue weighted by Gasteiger charge is -2.27. The third-order valence-corrected chi connectivity index (χ3v) is 4.67. The molecule has 114 valence electrons. The maximum absolute atomic E-state index is 11.8. The van der Waals surface area contributed by atoms with E-state index in [2.05, 4.69) is 47.9 Å². The van der Waals surface area contributed by atoms with Gasteiger partial charge in [-0.1, -0.05) is 19.8 Å². The first-order valence-corrected chi connectivity index (χ1v) is 9.25. The Morgan fingerprint density at radius 1 is 1.38 bits per heavy atom. The third kappa shape index (κ3) is 2.64. The van der Waals surface area contributed by atoms with E-state index < -0.39 is 10.8 Å². The summed E-state index contributed by atoms with van der Waals surface area (Å²) in [6.45, 7) is 3.57. The average Bonchev–Trinajstić information content (AvgIpc) is 3.00. The zero-order chi connectivity index (χ0) is 15.0. The van der Waals surface area contributed by atoms with Crippen LogP contribution in [-0.4, -0.2) is 41.7 Å². The van der Waals surface area contributed by atoms with Gasteiger partial charge in [-0.05, 0) is 22.4 Å². The Morgan fingerprint density at radius 3 is 2.90 bits per heavy atom. The van der Waals surface area contributed by atoms with Crippen molar-refractivity contribution in [1.29, 1.82) is 0 Å². The van der Waals surface area contributed by atoms with Crippen molar-refractivity contribution in [2.75, 3.05) is 17.7 Å². The molecule has 0 saturated heterocycles. The molecule has 0 aliphatic carbocycles. The molecule has 0 aromatic carbocycles. The van der Waals surface area contributed by atoms with Crippen molar-refractivity contribution in [1.82, 2.24) is 24.7 Å². The van der Waals surface area contributed by atoms with Crippen LogP contribution >= 0.6 is 15.9 Å². The van der Waals surface area contributed by atoms with Crippen molar-refractivity contribution < 1.29 is 4.21 Å². The summed E-state index contributed by atoms with van der Waals surface area (Å²) in [7, 11) is -1.16. The fraction of sp³-hybridized carbons (Fsp3) is 0.583. The summed E-state index contributed by atoms with van der Waals surface area (Å²) in [5.74, 6) is 1.61. The molecule has 1 aliphatic heterocycles. The molecule has 0 bridgehead atoms. The molecule has 3 rings (SSSR count). The van der Waals surface area contributed by atoms with Crippen molar-refractivity contribution >= 4 is 38.5 Å². The van der Waals surface area contributed by atoms with E-state index in [1.54, 1.807) is 6.26 Å². The minimum absolute atomic E-state index is 0.502. The van der Waals surface area contributed by atoms with Gasteiger partial charge in [0.2, 0.25) is 11.1 Å². The number of nitrogens with one attached hydrogen (secondary N) is 1. The van der Waals surface area contributed by atoms with Gasteiger partial charge in [0, 0.05) is 12.8 Å². The van der Waals surface area contributed by atoms with Gasteiger partial charge >= 0.3 is 0 Å². The van der Waals surface area contributed by atoms with Crippen LogP contribution in [0.25, 0.3) is 0 Å². The second-order valence-corrected chi connectivity index (χ2v) is 7.04.